The number of rotatable bonds is 3. The van der Waals surface area contributed by atoms with Crippen LogP contribution in [0.5, 0.6) is 0 Å². The van der Waals surface area contributed by atoms with E-state index in [9.17, 15) is 5.11 Å². The third-order valence-electron chi connectivity index (χ3n) is 3.27. The number of aliphatic hydroxyl groups is 1. The van der Waals surface area contributed by atoms with E-state index in [1.165, 1.54) is 0 Å². The highest BCUT2D eigenvalue weighted by Crippen LogP contribution is 2.33. The zero-order valence-corrected chi connectivity index (χ0v) is 10.8. The third kappa shape index (κ3) is 2.08. The van der Waals surface area contributed by atoms with Crippen molar-refractivity contribution in [1.82, 2.24) is 9.97 Å². The summed E-state index contributed by atoms with van der Waals surface area (Å²) in [6.07, 6.45) is 3.28. The lowest BCUT2D eigenvalue weighted by atomic mass is 9.85. The highest BCUT2D eigenvalue weighted by atomic mass is 16.3. The molecule has 1 heterocycles. The molecule has 3 rings (SSSR count). The van der Waals surface area contributed by atoms with Crippen LogP contribution in [-0.2, 0) is 5.60 Å². The van der Waals surface area contributed by atoms with Gasteiger partial charge in [-0.1, -0.05) is 60.7 Å². The number of hydrogen-bond donors (Lipinski definition) is 1. The van der Waals surface area contributed by atoms with Crippen LogP contribution in [0.1, 0.15) is 17.0 Å². The average Bonchev–Trinajstić information content (AvgIpc) is 2.56. The zero-order chi connectivity index (χ0) is 13.8. The molecule has 2 aromatic carbocycles. The third-order valence-corrected chi connectivity index (χ3v) is 3.27. The maximum absolute atomic E-state index is 11.3. The summed E-state index contributed by atoms with van der Waals surface area (Å²) in [5, 5.41) is 11.3. The highest BCUT2D eigenvalue weighted by molar-refractivity contribution is 5.42. The van der Waals surface area contributed by atoms with E-state index in [1.807, 2.05) is 60.7 Å². The predicted molar refractivity (Wildman–Crippen MR) is 77.0 cm³/mol. The Morgan fingerprint density at radius 3 is 1.55 bits per heavy atom. The summed E-state index contributed by atoms with van der Waals surface area (Å²) in [4.78, 5) is 8.48. The molecule has 3 heteroatoms. The molecule has 0 aliphatic rings. The van der Waals surface area contributed by atoms with Crippen LogP contribution in [0.4, 0.5) is 0 Å². The van der Waals surface area contributed by atoms with Crippen LogP contribution in [0.3, 0.4) is 0 Å². The van der Waals surface area contributed by atoms with E-state index in [1.54, 1.807) is 18.5 Å². The van der Waals surface area contributed by atoms with Gasteiger partial charge in [0.2, 0.25) is 0 Å². The second-order valence-corrected chi connectivity index (χ2v) is 4.51. The first-order chi connectivity index (χ1) is 9.82. The maximum atomic E-state index is 11.3. The van der Waals surface area contributed by atoms with Crippen molar-refractivity contribution in [2.45, 2.75) is 5.60 Å². The van der Waals surface area contributed by atoms with E-state index in [0.717, 1.165) is 11.1 Å². The van der Waals surface area contributed by atoms with Gasteiger partial charge in [0.25, 0.3) is 0 Å². The molecule has 1 N–H and O–H groups in total. The summed E-state index contributed by atoms with van der Waals surface area (Å²) in [6, 6.07) is 20.7. The fourth-order valence-electron chi connectivity index (χ4n) is 2.27. The summed E-state index contributed by atoms with van der Waals surface area (Å²) >= 11 is 0. The molecule has 0 aliphatic carbocycles. The van der Waals surface area contributed by atoms with Crippen LogP contribution >= 0.6 is 0 Å². The van der Waals surface area contributed by atoms with Gasteiger partial charge in [-0.2, -0.15) is 0 Å². The van der Waals surface area contributed by atoms with Crippen molar-refractivity contribution in [2.24, 2.45) is 0 Å². The van der Waals surface area contributed by atoms with E-state index >= 15 is 0 Å². The maximum Gasteiger partial charge on any atom is 0.174 e. The van der Waals surface area contributed by atoms with Crippen molar-refractivity contribution in [3.05, 3.63) is 96.1 Å². The predicted octanol–water partition coefficient (Wildman–Crippen LogP) is 2.76. The molecule has 3 aromatic rings. The molecule has 0 atom stereocenters. The standard InChI is InChI=1S/C17H14N2O/c20-17(14-8-3-1-4-9-14,15-10-5-2-6-11-15)16-18-12-7-13-19-16/h1-13,20H. The summed E-state index contributed by atoms with van der Waals surface area (Å²) < 4.78 is 0. The van der Waals surface area contributed by atoms with Crippen molar-refractivity contribution in [1.29, 1.82) is 0 Å². The molecule has 0 radical (unpaired) electrons. The van der Waals surface area contributed by atoms with Gasteiger partial charge in [-0.15, -0.1) is 0 Å². The Labute approximate surface area is 117 Å². The lowest BCUT2D eigenvalue weighted by molar-refractivity contribution is 0.115. The van der Waals surface area contributed by atoms with Crippen molar-refractivity contribution in [3.8, 4) is 0 Å². The van der Waals surface area contributed by atoms with Crippen LogP contribution in [-0.4, -0.2) is 15.1 Å². The molecule has 0 spiro atoms. The summed E-state index contributed by atoms with van der Waals surface area (Å²) in [5.74, 6) is 0.373. The summed E-state index contributed by atoms with van der Waals surface area (Å²) in [6.45, 7) is 0. The van der Waals surface area contributed by atoms with Gasteiger partial charge >= 0.3 is 0 Å². The van der Waals surface area contributed by atoms with Gasteiger partial charge in [-0.25, -0.2) is 9.97 Å². The molecule has 98 valence electrons. The lowest BCUT2D eigenvalue weighted by Gasteiger charge is -2.27. The summed E-state index contributed by atoms with van der Waals surface area (Å²) in [7, 11) is 0. The second-order valence-electron chi connectivity index (χ2n) is 4.51. The first-order valence-corrected chi connectivity index (χ1v) is 6.43. The van der Waals surface area contributed by atoms with Crippen LogP contribution < -0.4 is 0 Å². The fourth-order valence-corrected chi connectivity index (χ4v) is 2.27. The normalized spacial score (nSPS) is 11.2. The van der Waals surface area contributed by atoms with Gasteiger partial charge in [0, 0.05) is 12.4 Å². The molecular formula is C17H14N2O. The van der Waals surface area contributed by atoms with Crippen LogP contribution in [0.2, 0.25) is 0 Å². The highest BCUT2D eigenvalue weighted by Gasteiger charge is 2.36. The monoisotopic (exact) mass is 262 g/mol. The number of benzene rings is 2. The second kappa shape index (κ2) is 5.23. The Balaban J connectivity index is 2.24. The van der Waals surface area contributed by atoms with Gasteiger partial charge in [-0.3, -0.25) is 0 Å². The SMILES string of the molecule is OC(c1ccccc1)(c1ccccc1)c1ncccn1. The summed E-state index contributed by atoms with van der Waals surface area (Å²) in [5.41, 5.74) is 0.152. The Morgan fingerprint density at radius 2 is 1.10 bits per heavy atom. The largest absolute Gasteiger partial charge is 0.373 e. The molecule has 0 fully saturated rings. The molecule has 0 unspecified atom stereocenters. The minimum atomic E-state index is -1.34. The molecule has 1 aromatic heterocycles. The number of aromatic nitrogens is 2. The van der Waals surface area contributed by atoms with Crippen molar-refractivity contribution < 1.29 is 5.11 Å². The van der Waals surface area contributed by atoms with Gasteiger partial charge in [-0.05, 0) is 17.2 Å². The fraction of sp³-hybridized carbons (Fsp3) is 0.0588. The molecule has 20 heavy (non-hydrogen) atoms. The molecule has 0 saturated heterocycles. The Kier molecular flexibility index (Phi) is 3.27. The first-order valence-electron chi connectivity index (χ1n) is 6.43. The van der Waals surface area contributed by atoms with E-state index in [4.69, 9.17) is 0 Å². The van der Waals surface area contributed by atoms with E-state index in [0.29, 0.717) is 5.82 Å². The quantitative estimate of drug-likeness (QED) is 0.789. The minimum absolute atomic E-state index is 0.373. The van der Waals surface area contributed by atoms with Crippen LogP contribution in [0, 0.1) is 0 Å². The molecule has 0 bridgehead atoms. The molecule has 0 aliphatic heterocycles. The topological polar surface area (TPSA) is 46.0 Å². The van der Waals surface area contributed by atoms with Gasteiger partial charge in [0.15, 0.2) is 11.4 Å². The smallest absolute Gasteiger partial charge is 0.174 e. The van der Waals surface area contributed by atoms with Gasteiger partial charge in [0.1, 0.15) is 0 Å². The molecule has 0 amide bonds. The average molecular weight is 262 g/mol. The molecule has 0 saturated carbocycles. The Hall–Kier alpha value is -2.52. The molecule has 3 nitrogen and oxygen atoms in total. The van der Waals surface area contributed by atoms with Crippen LogP contribution in [0.15, 0.2) is 79.1 Å². The van der Waals surface area contributed by atoms with Gasteiger partial charge in [0.05, 0.1) is 0 Å². The number of nitrogens with zero attached hydrogens (tertiary/aromatic N) is 2. The minimum Gasteiger partial charge on any atom is -0.373 e. The van der Waals surface area contributed by atoms with E-state index in [-0.39, 0.29) is 0 Å². The van der Waals surface area contributed by atoms with Crippen molar-refractivity contribution in [2.75, 3.05) is 0 Å². The van der Waals surface area contributed by atoms with Gasteiger partial charge < -0.3 is 5.11 Å². The first kappa shape index (κ1) is 12.5. The van der Waals surface area contributed by atoms with E-state index in [2.05, 4.69) is 9.97 Å². The molecular weight excluding hydrogens is 248 g/mol. The zero-order valence-electron chi connectivity index (χ0n) is 10.8. The van der Waals surface area contributed by atoms with Crippen molar-refractivity contribution >= 4 is 0 Å². The van der Waals surface area contributed by atoms with Crippen LogP contribution in [0.25, 0.3) is 0 Å². The van der Waals surface area contributed by atoms with Crippen molar-refractivity contribution in [3.63, 3.8) is 0 Å². The Bertz CT molecular complexity index is 572. The van der Waals surface area contributed by atoms with E-state index < -0.39 is 5.60 Å². The number of hydrogen-bond acceptors (Lipinski definition) is 3. The Morgan fingerprint density at radius 1 is 0.650 bits per heavy atom. The lowest BCUT2D eigenvalue weighted by Crippen LogP contribution is -2.31.